The van der Waals surface area contributed by atoms with E-state index in [-0.39, 0.29) is 11.5 Å². The number of ether oxygens (including phenoxy) is 1. The zero-order valence-electron chi connectivity index (χ0n) is 16.9. The van der Waals surface area contributed by atoms with Gasteiger partial charge in [0.25, 0.3) is 0 Å². The number of methoxy groups -OCH3 is 1. The molecule has 0 fully saturated rings. The molecule has 2 aliphatic rings. The average Bonchev–Trinajstić information content (AvgIpc) is 2.78. The number of nitriles is 1. The maximum absolute atomic E-state index is 12.9. The van der Waals surface area contributed by atoms with Crippen molar-refractivity contribution in [3.05, 3.63) is 80.5 Å². The number of halogens is 1. The van der Waals surface area contributed by atoms with Gasteiger partial charge in [-0.15, -0.1) is 11.8 Å². The molecule has 7 heteroatoms. The Balaban J connectivity index is 1.76. The predicted octanol–water partition coefficient (Wildman–Crippen LogP) is 5.42. The Morgan fingerprint density at radius 2 is 2.03 bits per heavy atom. The summed E-state index contributed by atoms with van der Waals surface area (Å²) in [7, 11) is 1.48. The Morgan fingerprint density at radius 1 is 1.26 bits per heavy atom. The van der Waals surface area contributed by atoms with E-state index >= 15 is 0 Å². The minimum Gasteiger partial charge on any atom is -0.504 e. The Hall–Kier alpha value is -2.88. The number of carbonyl (C=O) groups is 1. The molecular weight excluding hydrogens is 432 g/mol. The number of ketones is 1. The van der Waals surface area contributed by atoms with Crippen LogP contribution in [0.4, 0.5) is 0 Å². The molecule has 31 heavy (non-hydrogen) atoms. The van der Waals surface area contributed by atoms with E-state index in [1.165, 1.54) is 18.9 Å². The van der Waals surface area contributed by atoms with Gasteiger partial charge in [0.2, 0.25) is 0 Å². The van der Waals surface area contributed by atoms with Gasteiger partial charge in [0.1, 0.15) is 0 Å². The molecule has 2 aromatic carbocycles. The maximum atomic E-state index is 12.9. The van der Waals surface area contributed by atoms with Crippen LogP contribution < -0.4 is 10.1 Å². The minimum absolute atomic E-state index is 0.0178. The van der Waals surface area contributed by atoms with Crippen LogP contribution in [0.2, 0.25) is 5.02 Å². The fourth-order valence-electron chi connectivity index (χ4n) is 3.98. The van der Waals surface area contributed by atoms with Crippen molar-refractivity contribution >= 4 is 29.1 Å². The summed E-state index contributed by atoms with van der Waals surface area (Å²) in [6.07, 6.45) is 2.02. The molecule has 5 nitrogen and oxygen atoms in total. The first-order valence-electron chi connectivity index (χ1n) is 9.93. The fourth-order valence-corrected chi connectivity index (χ4v) is 5.12. The van der Waals surface area contributed by atoms with Crippen LogP contribution in [0.25, 0.3) is 0 Å². The van der Waals surface area contributed by atoms with Crippen LogP contribution in [0.15, 0.2) is 64.3 Å². The molecule has 4 rings (SSSR count). The van der Waals surface area contributed by atoms with E-state index in [1.54, 1.807) is 18.2 Å². The summed E-state index contributed by atoms with van der Waals surface area (Å²) in [4.78, 5) is 12.9. The van der Waals surface area contributed by atoms with Gasteiger partial charge in [-0.25, -0.2) is 0 Å². The van der Waals surface area contributed by atoms with Crippen LogP contribution in [-0.4, -0.2) is 18.0 Å². The average molecular weight is 453 g/mol. The predicted molar refractivity (Wildman–Crippen MR) is 122 cm³/mol. The lowest BCUT2D eigenvalue weighted by Gasteiger charge is -2.33. The fraction of sp³-hybridized carbons (Fsp3) is 0.250. The third-order valence-electron chi connectivity index (χ3n) is 5.50. The molecule has 1 aliphatic carbocycles. The SMILES string of the molecule is COc1cc([C@@H]2C(C#N)=C(SCc3ccc(Cl)cc3)NC3=C2C(=O)CCC3)ccc1O. The van der Waals surface area contributed by atoms with E-state index in [4.69, 9.17) is 16.3 Å². The van der Waals surface area contributed by atoms with Gasteiger partial charge < -0.3 is 15.2 Å². The third kappa shape index (κ3) is 4.30. The van der Waals surface area contributed by atoms with Crippen LogP contribution in [0.3, 0.4) is 0 Å². The molecule has 0 unspecified atom stereocenters. The monoisotopic (exact) mass is 452 g/mol. The number of hydrogen-bond acceptors (Lipinski definition) is 6. The van der Waals surface area contributed by atoms with E-state index in [0.717, 1.165) is 34.7 Å². The van der Waals surface area contributed by atoms with Crippen molar-refractivity contribution in [2.75, 3.05) is 7.11 Å². The molecule has 0 aromatic heterocycles. The van der Waals surface area contributed by atoms with E-state index in [1.807, 2.05) is 24.3 Å². The highest BCUT2D eigenvalue weighted by atomic mass is 35.5. The topological polar surface area (TPSA) is 82.3 Å². The summed E-state index contributed by atoms with van der Waals surface area (Å²) in [6.45, 7) is 0. The summed E-state index contributed by atoms with van der Waals surface area (Å²) in [5.41, 5.74) is 3.86. The van der Waals surface area contributed by atoms with Crippen LogP contribution in [0.5, 0.6) is 11.5 Å². The zero-order chi connectivity index (χ0) is 22.0. The van der Waals surface area contributed by atoms with Crippen molar-refractivity contribution in [3.8, 4) is 17.6 Å². The Labute approximate surface area is 190 Å². The summed E-state index contributed by atoms with van der Waals surface area (Å²) in [6, 6.07) is 14.9. The van der Waals surface area contributed by atoms with Gasteiger partial charge in [0.15, 0.2) is 17.3 Å². The number of nitrogens with one attached hydrogen (secondary N) is 1. The number of carbonyl (C=O) groups excluding carboxylic acids is 1. The van der Waals surface area contributed by atoms with Crippen molar-refractivity contribution in [3.63, 3.8) is 0 Å². The molecule has 0 saturated carbocycles. The smallest absolute Gasteiger partial charge is 0.161 e. The number of phenols is 1. The number of phenolic OH excluding ortho intramolecular Hbond substituents is 1. The molecule has 158 valence electrons. The highest BCUT2D eigenvalue weighted by Crippen LogP contribution is 2.45. The summed E-state index contributed by atoms with van der Waals surface area (Å²) in [5, 5.41) is 24.9. The van der Waals surface area contributed by atoms with Gasteiger partial charge >= 0.3 is 0 Å². The van der Waals surface area contributed by atoms with E-state index in [2.05, 4.69) is 11.4 Å². The maximum Gasteiger partial charge on any atom is 0.161 e. The Bertz CT molecular complexity index is 1130. The normalized spacial score (nSPS) is 18.4. The summed E-state index contributed by atoms with van der Waals surface area (Å²) in [5.74, 6) is 0.558. The number of benzene rings is 2. The van der Waals surface area contributed by atoms with Gasteiger partial charge in [0.05, 0.1) is 29.7 Å². The third-order valence-corrected chi connectivity index (χ3v) is 6.84. The molecule has 1 atom stereocenters. The molecule has 0 bridgehead atoms. The standard InChI is InChI=1S/C24H21ClN2O3S/c1-30-21-11-15(7-10-19(21)28)22-17(12-26)24(27-18-3-2-4-20(29)23(18)22)31-13-14-5-8-16(25)9-6-14/h5-11,22,27-28H,2-4,13H2,1H3/t22-/m1/s1. The van der Waals surface area contributed by atoms with E-state index in [9.17, 15) is 15.2 Å². The van der Waals surface area contributed by atoms with Gasteiger partial charge in [-0.3, -0.25) is 4.79 Å². The molecule has 0 amide bonds. The second-order valence-corrected chi connectivity index (χ2v) is 8.85. The number of dihydropyridines is 1. The summed E-state index contributed by atoms with van der Waals surface area (Å²) < 4.78 is 5.27. The van der Waals surface area contributed by atoms with Gasteiger partial charge in [-0.05, 0) is 48.2 Å². The Morgan fingerprint density at radius 3 is 2.74 bits per heavy atom. The lowest BCUT2D eigenvalue weighted by molar-refractivity contribution is -0.116. The van der Waals surface area contributed by atoms with Crippen molar-refractivity contribution in [2.45, 2.75) is 30.9 Å². The molecule has 0 radical (unpaired) electrons. The number of rotatable bonds is 5. The molecule has 1 aliphatic heterocycles. The number of Topliss-reactive ketones (excluding diaryl/α,β-unsaturated/α-hetero) is 1. The molecule has 2 N–H and O–H groups in total. The lowest BCUT2D eigenvalue weighted by atomic mass is 9.77. The Kier molecular flexibility index (Phi) is 6.26. The molecular formula is C24H21ClN2O3S. The highest BCUT2D eigenvalue weighted by molar-refractivity contribution is 8.02. The van der Waals surface area contributed by atoms with Gasteiger partial charge in [-0.1, -0.05) is 29.8 Å². The first-order valence-corrected chi connectivity index (χ1v) is 11.3. The number of thioether (sulfide) groups is 1. The highest BCUT2D eigenvalue weighted by Gasteiger charge is 2.37. The van der Waals surface area contributed by atoms with Crippen LogP contribution in [0, 0.1) is 11.3 Å². The van der Waals surface area contributed by atoms with Crippen molar-refractivity contribution < 1.29 is 14.6 Å². The molecule has 1 heterocycles. The second-order valence-electron chi connectivity index (χ2n) is 7.43. The van der Waals surface area contributed by atoms with Gasteiger partial charge in [-0.2, -0.15) is 5.26 Å². The van der Waals surface area contributed by atoms with Crippen molar-refractivity contribution in [2.24, 2.45) is 0 Å². The van der Waals surface area contributed by atoms with E-state index in [0.29, 0.717) is 34.1 Å². The van der Waals surface area contributed by atoms with Crippen LogP contribution in [0.1, 0.15) is 36.3 Å². The lowest BCUT2D eigenvalue weighted by Crippen LogP contribution is -2.31. The first kappa shape index (κ1) is 21.4. The van der Waals surface area contributed by atoms with Crippen LogP contribution >= 0.6 is 23.4 Å². The quantitative estimate of drug-likeness (QED) is 0.630. The largest absolute Gasteiger partial charge is 0.504 e. The minimum atomic E-state index is -0.490. The number of nitrogens with zero attached hydrogens (tertiary/aromatic N) is 1. The second kappa shape index (κ2) is 9.09. The zero-order valence-corrected chi connectivity index (χ0v) is 18.5. The molecule has 0 spiro atoms. The number of aromatic hydroxyl groups is 1. The number of hydrogen-bond donors (Lipinski definition) is 2. The van der Waals surface area contributed by atoms with E-state index < -0.39 is 5.92 Å². The van der Waals surface area contributed by atoms with Crippen LogP contribution in [-0.2, 0) is 10.5 Å². The number of allylic oxidation sites excluding steroid dienone is 3. The van der Waals surface area contributed by atoms with Crippen molar-refractivity contribution in [1.82, 2.24) is 5.32 Å². The molecule has 0 saturated heterocycles. The van der Waals surface area contributed by atoms with Crippen molar-refractivity contribution in [1.29, 1.82) is 5.26 Å². The van der Waals surface area contributed by atoms with Gasteiger partial charge in [0, 0.05) is 28.5 Å². The molecule has 2 aromatic rings. The summed E-state index contributed by atoms with van der Waals surface area (Å²) >= 11 is 7.52. The first-order chi connectivity index (χ1) is 15.0.